The number of carbonyl (C=O) groups excluding carboxylic acids is 1. The zero-order valence-electron chi connectivity index (χ0n) is 22.6. The first-order valence-electron chi connectivity index (χ1n) is 13.3. The van der Waals surface area contributed by atoms with Crippen molar-refractivity contribution < 1.29 is 9.18 Å². The summed E-state index contributed by atoms with van der Waals surface area (Å²) in [5.41, 5.74) is 5.97. The Kier molecular flexibility index (Phi) is 9.13. The second kappa shape index (κ2) is 12.5. The minimum Gasteiger partial charge on any atom is -0.354 e. The number of fused-ring (bicyclic) bond motifs is 1. The molecule has 3 aromatic carbocycles. The van der Waals surface area contributed by atoms with Gasteiger partial charge in [-0.3, -0.25) is 9.78 Å². The molecule has 0 atom stereocenters. The number of nitrogens with zero attached hydrogens (tertiary/aromatic N) is 2. The van der Waals surface area contributed by atoms with Crippen LogP contribution in [0.4, 0.5) is 15.8 Å². The number of ketones is 1. The highest BCUT2D eigenvalue weighted by Crippen LogP contribution is 2.34. The monoisotopic (exact) mass is 531 g/mol. The van der Waals surface area contributed by atoms with E-state index in [9.17, 15) is 9.18 Å². The molecule has 198 valence electrons. The fourth-order valence-corrected chi connectivity index (χ4v) is 5.00. The van der Waals surface area contributed by atoms with E-state index in [1.807, 2.05) is 30.3 Å². The van der Waals surface area contributed by atoms with E-state index in [4.69, 9.17) is 11.6 Å². The maximum absolute atomic E-state index is 14.5. The van der Waals surface area contributed by atoms with Gasteiger partial charge in [0.2, 0.25) is 0 Å². The highest BCUT2D eigenvalue weighted by atomic mass is 35.5. The first-order chi connectivity index (χ1) is 18.3. The van der Waals surface area contributed by atoms with Gasteiger partial charge in [-0.05, 0) is 99.3 Å². The van der Waals surface area contributed by atoms with Gasteiger partial charge in [-0.1, -0.05) is 43.6 Å². The summed E-state index contributed by atoms with van der Waals surface area (Å²) < 4.78 is 14.5. The van der Waals surface area contributed by atoms with Gasteiger partial charge in [0.1, 0.15) is 5.82 Å². The zero-order chi connectivity index (χ0) is 27.2. The Labute approximate surface area is 229 Å². The molecule has 0 saturated heterocycles. The quantitative estimate of drug-likeness (QED) is 0.197. The van der Waals surface area contributed by atoms with Gasteiger partial charge in [0.25, 0.3) is 0 Å². The van der Waals surface area contributed by atoms with Crippen molar-refractivity contribution in [2.24, 2.45) is 0 Å². The van der Waals surface area contributed by atoms with Crippen molar-refractivity contribution in [1.29, 1.82) is 0 Å². The highest BCUT2D eigenvalue weighted by Gasteiger charge is 2.15. The summed E-state index contributed by atoms with van der Waals surface area (Å²) in [5.74, 6) is -0.433. The number of halogens is 2. The Bertz CT molecular complexity index is 1420. The molecule has 1 heterocycles. The van der Waals surface area contributed by atoms with Gasteiger partial charge < -0.3 is 10.2 Å². The lowest BCUT2D eigenvalue weighted by atomic mass is 9.99. The third kappa shape index (κ3) is 6.40. The molecular weight excluding hydrogens is 497 g/mol. The lowest BCUT2D eigenvalue weighted by Gasteiger charge is -2.21. The number of rotatable bonds is 11. The van der Waals surface area contributed by atoms with Crippen LogP contribution in [0.5, 0.6) is 0 Å². The van der Waals surface area contributed by atoms with Crippen LogP contribution in [0.15, 0.2) is 60.8 Å². The Hall–Kier alpha value is -3.28. The summed E-state index contributed by atoms with van der Waals surface area (Å²) in [5, 5.41) is 4.68. The number of nitrogens with one attached hydrogen (secondary N) is 1. The van der Waals surface area contributed by atoms with Gasteiger partial charge in [0.15, 0.2) is 5.78 Å². The maximum Gasteiger partial charge on any atom is 0.163 e. The van der Waals surface area contributed by atoms with Crippen LogP contribution in [0.25, 0.3) is 22.0 Å². The number of Topliss-reactive ketones (excluding diaryl/α,β-unsaturated/α-hetero) is 1. The van der Waals surface area contributed by atoms with Crippen LogP contribution in [0.3, 0.4) is 0 Å². The van der Waals surface area contributed by atoms with Crippen molar-refractivity contribution >= 4 is 39.7 Å². The molecule has 0 aliphatic rings. The fourth-order valence-electron chi connectivity index (χ4n) is 4.79. The van der Waals surface area contributed by atoms with E-state index in [2.05, 4.69) is 41.2 Å². The minimum absolute atomic E-state index is 0.0809. The number of anilines is 2. The summed E-state index contributed by atoms with van der Waals surface area (Å²) in [7, 11) is 0. The Balaban J connectivity index is 1.71. The number of carbonyl (C=O) groups is 1. The summed E-state index contributed by atoms with van der Waals surface area (Å²) in [6.07, 6.45) is 4.87. The molecule has 0 amide bonds. The van der Waals surface area contributed by atoms with E-state index in [0.717, 1.165) is 61.1 Å². The van der Waals surface area contributed by atoms with E-state index in [-0.39, 0.29) is 11.6 Å². The minimum atomic E-state index is -0.352. The SMILES string of the molecule is CCCN(CCC)CCc1cccc(Nc2c(C(C)=O)cnc3ccc(-c4cc(F)c(C)c(Cl)c4)cc23)c1. The van der Waals surface area contributed by atoms with Gasteiger partial charge in [0, 0.05) is 34.4 Å². The maximum atomic E-state index is 14.5. The van der Waals surface area contributed by atoms with E-state index in [0.29, 0.717) is 27.4 Å². The number of benzene rings is 3. The highest BCUT2D eigenvalue weighted by molar-refractivity contribution is 6.31. The summed E-state index contributed by atoms with van der Waals surface area (Å²) in [6, 6.07) is 17.3. The van der Waals surface area contributed by atoms with Crippen LogP contribution >= 0.6 is 11.6 Å². The van der Waals surface area contributed by atoms with E-state index >= 15 is 0 Å². The topological polar surface area (TPSA) is 45.2 Å². The van der Waals surface area contributed by atoms with Gasteiger partial charge in [-0.15, -0.1) is 0 Å². The molecule has 0 bridgehead atoms. The predicted molar refractivity (Wildman–Crippen MR) is 157 cm³/mol. The molecule has 0 saturated carbocycles. The summed E-state index contributed by atoms with van der Waals surface area (Å²) in [4.78, 5) is 19.6. The predicted octanol–water partition coefficient (Wildman–Crippen LogP) is 8.61. The van der Waals surface area contributed by atoms with Gasteiger partial charge >= 0.3 is 0 Å². The van der Waals surface area contributed by atoms with Crippen molar-refractivity contribution in [3.8, 4) is 11.1 Å². The second-order valence-corrected chi connectivity index (χ2v) is 10.2. The van der Waals surface area contributed by atoms with Crippen molar-refractivity contribution in [2.45, 2.75) is 47.0 Å². The third-order valence-corrected chi connectivity index (χ3v) is 7.25. The van der Waals surface area contributed by atoms with E-state index in [1.165, 1.54) is 11.6 Å². The fraction of sp³-hybridized carbons (Fsp3) is 0.312. The number of hydrogen-bond acceptors (Lipinski definition) is 4. The first-order valence-corrected chi connectivity index (χ1v) is 13.7. The van der Waals surface area contributed by atoms with Crippen molar-refractivity contribution in [3.63, 3.8) is 0 Å². The number of aromatic nitrogens is 1. The van der Waals surface area contributed by atoms with Crippen LogP contribution in [-0.4, -0.2) is 35.3 Å². The van der Waals surface area contributed by atoms with Crippen LogP contribution < -0.4 is 5.32 Å². The molecule has 4 rings (SSSR count). The number of pyridine rings is 1. The van der Waals surface area contributed by atoms with Crippen LogP contribution in [0, 0.1) is 12.7 Å². The molecule has 0 aliphatic heterocycles. The molecule has 4 nitrogen and oxygen atoms in total. The molecule has 1 N–H and O–H groups in total. The average Bonchev–Trinajstić information content (AvgIpc) is 2.90. The molecular formula is C32H35ClFN3O. The van der Waals surface area contributed by atoms with Gasteiger partial charge in [-0.2, -0.15) is 0 Å². The lowest BCUT2D eigenvalue weighted by Crippen LogP contribution is -2.27. The standard InChI is InChI=1S/C32H35ClFN3O/c1-5-13-37(14-6-2)15-12-23-8-7-9-26(16-23)36-32-27-17-24(25-18-29(33)21(3)30(34)19-25)10-11-31(27)35-20-28(32)22(4)38/h7-11,16-20H,5-6,12-15H2,1-4H3,(H,35,36). The smallest absolute Gasteiger partial charge is 0.163 e. The summed E-state index contributed by atoms with van der Waals surface area (Å²) >= 11 is 6.28. The Morgan fingerprint density at radius 1 is 1.00 bits per heavy atom. The molecule has 0 unspecified atom stereocenters. The second-order valence-electron chi connectivity index (χ2n) is 9.82. The third-order valence-electron chi connectivity index (χ3n) is 6.85. The molecule has 0 radical (unpaired) electrons. The van der Waals surface area contributed by atoms with E-state index < -0.39 is 0 Å². The largest absolute Gasteiger partial charge is 0.354 e. The summed E-state index contributed by atoms with van der Waals surface area (Å²) in [6.45, 7) is 10.9. The molecule has 1 aromatic heterocycles. The van der Waals surface area contributed by atoms with Crippen molar-refractivity contribution in [1.82, 2.24) is 9.88 Å². The molecule has 0 aliphatic carbocycles. The number of hydrogen-bond donors (Lipinski definition) is 1. The van der Waals surface area contributed by atoms with Gasteiger partial charge in [-0.25, -0.2) is 4.39 Å². The Morgan fingerprint density at radius 3 is 2.45 bits per heavy atom. The van der Waals surface area contributed by atoms with Crippen LogP contribution in [0.2, 0.25) is 5.02 Å². The van der Waals surface area contributed by atoms with Crippen molar-refractivity contribution in [3.05, 3.63) is 88.3 Å². The molecule has 4 aromatic rings. The van der Waals surface area contributed by atoms with Crippen LogP contribution in [-0.2, 0) is 6.42 Å². The molecule has 0 spiro atoms. The normalized spacial score (nSPS) is 11.3. The molecule has 38 heavy (non-hydrogen) atoms. The van der Waals surface area contributed by atoms with Crippen LogP contribution in [0.1, 0.15) is 55.1 Å². The Morgan fingerprint density at radius 2 is 1.76 bits per heavy atom. The lowest BCUT2D eigenvalue weighted by molar-refractivity contribution is 0.101. The average molecular weight is 532 g/mol. The molecule has 6 heteroatoms. The van der Waals surface area contributed by atoms with Crippen molar-refractivity contribution in [2.75, 3.05) is 25.0 Å². The van der Waals surface area contributed by atoms with Gasteiger partial charge in [0.05, 0.1) is 16.8 Å². The molecule has 0 fully saturated rings. The van der Waals surface area contributed by atoms with E-state index in [1.54, 1.807) is 26.1 Å². The zero-order valence-corrected chi connectivity index (χ0v) is 23.3. The first kappa shape index (κ1) is 27.7.